The molecular weight excluding hydrogens is 200 g/mol. The minimum absolute atomic E-state index is 0.692. The number of benzene rings is 1. The first kappa shape index (κ1) is 11.0. The van der Waals surface area contributed by atoms with E-state index in [4.69, 9.17) is 4.74 Å². The molecule has 0 radical (unpaired) electrons. The van der Waals surface area contributed by atoms with Crippen LogP contribution in [-0.4, -0.2) is 25.5 Å². The van der Waals surface area contributed by atoms with Crippen LogP contribution in [-0.2, 0) is 0 Å². The molecule has 0 bridgehead atoms. The van der Waals surface area contributed by atoms with E-state index in [9.17, 15) is 0 Å². The number of ether oxygens (including phenoxy) is 1. The monoisotopic (exact) mass is 218 g/mol. The van der Waals surface area contributed by atoms with E-state index >= 15 is 0 Å². The molecule has 86 valence electrons. The van der Waals surface area contributed by atoms with E-state index in [1.165, 1.54) is 11.1 Å². The van der Waals surface area contributed by atoms with E-state index in [0.29, 0.717) is 6.61 Å². The van der Waals surface area contributed by atoms with Crippen molar-refractivity contribution < 1.29 is 4.74 Å². The lowest BCUT2D eigenvalue weighted by atomic mass is 10.1. The van der Waals surface area contributed by atoms with Gasteiger partial charge in [-0.05, 0) is 25.0 Å². The van der Waals surface area contributed by atoms with Gasteiger partial charge in [0.2, 0.25) is 0 Å². The van der Waals surface area contributed by atoms with Gasteiger partial charge in [-0.15, -0.1) is 0 Å². The van der Waals surface area contributed by atoms with Gasteiger partial charge in [-0.2, -0.15) is 0 Å². The topological polar surface area (TPSA) is 33.6 Å². The highest BCUT2D eigenvalue weighted by Gasteiger charge is 2.06. The molecular formula is C13H18N2O. The molecule has 1 aromatic rings. The van der Waals surface area contributed by atoms with Gasteiger partial charge in [0.15, 0.2) is 0 Å². The fourth-order valence-electron chi connectivity index (χ4n) is 1.89. The average molecular weight is 218 g/mol. The Labute approximate surface area is 96.5 Å². The second kappa shape index (κ2) is 5.01. The lowest BCUT2D eigenvalue weighted by molar-refractivity contribution is 0.324. The van der Waals surface area contributed by atoms with Crippen LogP contribution in [0, 0.1) is 13.8 Å². The summed E-state index contributed by atoms with van der Waals surface area (Å²) in [6, 6.07) is 6.21. The molecule has 0 amide bonds. The second-order valence-electron chi connectivity index (χ2n) is 4.07. The molecule has 3 heteroatoms. The number of aryl methyl sites for hydroxylation is 2. The van der Waals surface area contributed by atoms with Crippen molar-refractivity contribution in [2.75, 3.05) is 19.7 Å². The summed E-state index contributed by atoms with van der Waals surface area (Å²) in [6.07, 6.45) is 0.869. The lowest BCUT2D eigenvalue weighted by Gasteiger charge is -2.11. The van der Waals surface area contributed by atoms with Gasteiger partial charge < -0.3 is 10.1 Å². The lowest BCUT2D eigenvalue weighted by Crippen LogP contribution is -2.20. The number of amidine groups is 1. The van der Waals surface area contributed by atoms with E-state index in [1.807, 2.05) is 0 Å². The highest BCUT2D eigenvalue weighted by atomic mass is 16.5. The zero-order valence-corrected chi connectivity index (χ0v) is 9.92. The van der Waals surface area contributed by atoms with Gasteiger partial charge in [-0.1, -0.05) is 18.2 Å². The smallest absolute Gasteiger partial charge is 0.125 e. The standard InChI is InChI=1S/C13H18N2O/c1-10-4-3-5-11(2)13(10)16-9-6-12-14-7-8-15-12/h3-5H,6-9H2,1-2H3,(H,14,15). The van der Waals surface area contributed by atoms with Crippen LogP contribution >= 0.6 is 0 Å². The SMILES string of the molecule is Cc1cccc(C)c1OCCC1=NCCN1. The van der Waals surface area contributed by atoms with Gasteiger partial charge >= 0.3 is 0 Å². The van der Waals surface area contributed by atoms with Gasteiger partial charge in [0.25, 0.3) is 0 Å². The highest BCUT2D eigenvalue weighted by Crippen LogP contribution is 2.22. The maximum atomic E-state index is 5.81. The number of nitrogens with zero attached hydrogens (tertiary/aromatic N) is 1. The van der Waals surface area contributed by atoms with Crippen LogP contribution in [0.2, 0.25) is 0 Å². The molecule has 0 saturated heterocycles. The first-order valence-electron chi connectivity index (χ1n) is 5.73. The van der Waals surface area contributed by atoms with Crippen LogP contribution in [0.1, 0.15) is 17.5 Å². The molecule has 0 spiro atoms. The predicted molar refractivity (Wildman–Crippen MR) is 66.3 cm³/mol. The first-order chi connectivity index (χ1) is 7.77. The van der Waals surface area contributed by atoms with Gasteiger partial charge in [-0.25, -0.2) is 0 Å². The molecule has 1 aromatic carbocycles. The number of hydrogen-bond donors (Lipinski definition) is 1. The van der Waals surface area contributed by atoms with Crippen molar-refractivity contribution in [2.24, 2.45) is 4.99 Å². The van der Waals surface area contributed by atoms with E-state index in [0.717, 1.165) is 31.1 Å². The molecule has 0 atom stereocenters. The molecule has 1 aliphatic heterocycles. The summed E-state index contributed by atoms with van der Waals surface area (Å²) in [5.74, 6) is 2.09. The second-order valence-corrected chi connectivity index (χ2v) is 4.07. The summed E-state index contributed by atoms with van der Waals surface area (Å²) in [6.45, 7) is 6.72. The number of nitrogens with one attached hydrogen (secondary N) is 1. The first-order valence-corrected chi connectivity index (χ1v) is 5.73. The third-order valence-corrected chi connectivity index (χ3v) is 2.74. The van der Waals surface area contributed by atoms with Gasteiger partial charge in [0.1, 0.15) is 5.75 Å². The Morgan fingerprint density at radius 3 is 2.69 bits per heavy atom. The van der Waals surface area contributed by atoms with Crippen LogP contribution in [0.4, 0.5) is 0 Å². The Balaban J connectivity index is 1.89. The normalized spacial score (nSPS) is 14.5. The van der Waals surface area contributed by atoms with Crippen LogP contribution in [0.5, 0.6) is 5.75 Å². The van der Waals surface area contributed by atoms with E-state index in [-0.39, 0.29) is 0 Å². The molecule has 1 aliphatic rings. The molecule has 0 saturated carbocycles. The van der Waals surface area contributed by atoms with Crippen molar-refractivity contribution in [1.29, 1.82) is 0 Å². The van der Waals surface area contributed by atoms with Crippen LogP contribution in [0.3, 0.4) is 0 Å². The largest absolute Gasteiger partial charge is 0.493 e. The molecule has 2 rings (SSSR count). The summed E-state index contributed by atoms with van der Waals surface area (Å²) in [7, 11) is 0. The molecule has 1 heterocycles. The summed E-state index contributed by atoms with van der Waals surface area (Å²) in [5.41, 5.74) is 2.39. The number of rotatable bonds is 4. The Hall–Kier alpha value is -1.51. The van der Waals surface area contributed by atoms with Crippen molar-refractivity contribution in [1.82, 2.24) is 5.32 Å². The highest BCUT2D eigenvalue weighted by molar-refractivity contribution is 5.83. The molecule has 0 aromatic heterocycles. The van der Waals surface area contributed by atoms with Crippen molar-refractivity contribution in [3.63, 3.8) is 0 Å². The minimum Gasteiger partial charge on any atom is -0.493 e. The molecule has 0 fully saturated rings. The Morgan fingerprint density at radius 2 is 2.06 bits per heavy atom. The van der Waals surface area contributed by atoms with Crippen LogP contribution < -0.4 is 10.1 Å². The third kappa shape index (κ3) is 2.54. The van der Waals surface area contributed by atoms with Gasteiger partial charge in [-0.3, -0.25) is 4.99 Å². The average Bonchev–Trinajstić information content (AvgIpc) is 2.75. The van der Waals surface area contributed by atoms with E-state index < -0.39 is 0 Å². The quantitative estimate of drug-likeness (QED) is 0.839. The summed E-state index contributed by atoms with van der Waals surface area (Å²) < 4.78 is 5.81. The third-order valence-electron chi connectivity index (χ3n) is 2.74. The Morgan fingerprint density at radius 1 is 1.31 bits per heavy atom. The zero-order chi connectivity index (χ0) is 11.4. The Kier molecular flexibility index (Phi) is 3.44. The van der Waals surface area contributed by atoms with Gasteiger partial charge in [0.05, 0.1) is 19.0 Å². The van der Waals surface area contributed by atoms with Crippen LogP contribution in [0.15, 0.2) is 23.2 Å². The summed E-state index contributed by atoms with van der Waals surface area (Å²) in [4.78, 5) is 4.34. The number of aliphatic imine (C=N–C) groups is 1. The fraction of sp³-hybridized carbons (Fsp3) is 0.462. The van der Waals surface area contributed by atoms with Crippen molar-refractivity contribution in [2.45, 2.75) is 20.3 Å². The van der Waals surface area contributed by atoms with Crippen LogP contribution in [0.25, 0.3) is 0 Å². The van der Waals surface area contributed by atoms with Crippen molar-refractivity contribution in [3.8, 4) is 5.75 Å². The summed E-state index contributed by atoms with van der Waals surface area (Å²) >= 11 is 0. The number of hydrogen-bond acceptors (Lipinski definition) is 3. The van der Waals surface area contributed by atoms with Gasteiger partial charge in [0, 0.05) is 13.0 Å². The zero-order valence-electron chi connectivity index (χ0n) is 9.92. The van der Waals surface area contributed by atoms with Crippen molar-refractivity contribution in [3.05, 3.63) is 29.3 Å². The number of para-hydroxylation sites is 1. The molecule has 16 heavy (non-hydrogen) atoms. The molecule has 1 N–H and O–H groups in total. The molecule has 0 unspecified atom stereocenters. The maximum Gasteiger partial charge on any atom is 0.125 e. The Bertz CT molecular complexity index is 379. The minimum atomic E-state index is 0.692. The van der Waals surface area contributed by atoms with E-state index in [1.54, 1.807) is 0 Å². The molecule has 0 aliphatic carbocycles. The van der Waals surface area contributed by atoms with E-state index in [2.05, 4.69) is 42.4 Å². The summed E-state index contributed by atoms with van der Waals surface area (Å²) in [5, 5.41) is 3.24. The van der Waals surface area contributed by atoms with Crippen molar-refractivity contribution >= 4 is 5.84 Å². The maximum absolute atomic E-state index is 5.81. The predicted octanol–water partition coefficient (Wildman–Crippen LogP) is 2.07. The fourth-order valence-corrected chi connectivity index (χ4v) is 1.89. The molecule has 3 nitrogen and oxygen atoms in total.